The smallest absolute Gasteiger partial charge is 0.108 e. The van der Waals surface area contributed by atoms with Crippen LogP contribution in [-0.2, 0) is 0 Å². The zero-order valence-corrected chi connectivity index (χ0v) is 41.8. The first kappa shape index (κ1) is 59.6. The zero-order valence-electron chi connectivity index (χ0n) is 41.8. The summed E-state index contributed by atoms with van der Waals surface area (Å²) in [6, 6.07) is 0. The van der Waals surface area contributed by atoms with Crippen molar-refractivity contribution >= 4 is 0 Å². The van der Waals surface area contributed by atoms with E-state index in [0.29, 0.717) is 19.3 Å². The molecule has 3 nitrogen and oxygen atoms in total. The van der Waals surface area contributed by atoms with Crippen LogP contribution in [0.25, 0.3) is 0 Å². The van der Waals surface area contributed by atoms with E-state index in [1.54, 1.807) is 0 Å². The van der Waals surface area contributed by atoms with Gasteiger partial charge in [-0.05, 0) is 44.9 Å². The first-order valence-electron chi connectivity index (χ1n) is 28.2. The molecule has 0 heterocycles. The molecule has 0 rings (SSSR count). The fourth-order valence-electron chi connectivity index (χ4n) is 9.50. The van der Waals surface area contributed by atoms with Crippen LogP contribution in [-0.4, -0.2) is 33.1 Å². The molecule has 3 heteroatoms. The first-order valence-corrected chi connectivity index (χ1v) is 28.2. The Morgan fingerprint density at radius 3 is 0.783 bits per heavy atom. The van der Waals surface area contributed by atoms with E-state index in [-0.39, 0.29) is 0 Å². The molecule has 0 aliphatic rings. The van der Waals surface area contributed by atoms with Crippen LogP contribution in [0.1, 0.15) is 335 Å². The molecule has 0 radical (unpaired) electrons. The lowest BCUT2D eigenvalue weighted by Crippen LogP contribution is -2.49. The summed E-state index contributed by atoms with van der Waals surface area (Å²) < 4.78 is 0. The summed E-state index contributed by atoms with van der Waals surface area (Å²) in [5.41, 5.74) is -1.16. The van der Waals surface area contributed by atoms with Gasteiger partial charge in [-0.2, -0.15) is 0 Å². The van der Waals surface area contributed by atoms with Crippen LogP contribution in [0.3, 0.4) is 0 Å². The van der Waals surface area contributed by atoms with Crippen LogP contribution >= 0.6 is 0 Å². The maximum absolute atomic E-state index is 11.9. The Morgan fingerprint density at radius 1 is 0.300 bits per heavy atom. The van der Waals surface area contributed by atoms with Gasteiger partial charge in [0.2, 0.25) is 0 Å². The number of hydrogen-bond acceptors (Lipinski definition) is 3. The topological polar surface area (TPSA) is 60.7 Å². The molecule has 0 aliphatic heterocycles. The van der Waals surface area contributed by atoms with Gasteiger partial charge in [0.05, 0.1) is 11.7 Å². The van der Waals surface area contributed by atoms with Gasteiger partial charge in [0.15, 0.2) is 0 Å². The van der Waals surface area contributed by atoms with Crippen LogP contribution in [0, 0.1) is 0 Å². The maximum atomic E-state index is 11.9. The highest BCUT2D eigenvalue weighted by Crippen LogP contribution is 2.30. The number of unbranched alkanes of at least 4 members (excludes halogenated alkanes) is 42. The molecule has 0 aliphatic carbocycles. The van der Waals surface area contributed by atoms with E-state index in [1.807, 2.05) is 0 Å². The van der Waals surface area contributed by atoms with E-state index >= 15 is 0 Å². The van der Waals surface area contributed by atoms with Gasteiger partial charge in [-0.25, -0.2) is 0 Å². The second-order valence-electron chi connectivity index (χ2n) is 19.9. The predicted molar refractivity (Wildman–Crippen MR) is 269 cm³/mol. The Bertz CT molecular complexity index is 811. The summed E-state index contributed by atoms with van der Waals surface area (Å²) in [4.78, 5) is 0. The van der Waals surface area contributed by atoms with Gasteiger partial charge in [-0.3, -0.25) is 0 Å². The molecule has 0 aromatic carbocycles. The summed E-state index contributed by atoms with van der Waals surface area (Å²) in [6.45, 7) is 6.87. The van der Waals surface area contributed by atoms with E-state index in [4.69, 9.17) is 0 Å². The first-order chi connectivity index (χ1) is 29.5. The van der Waals surface area contributed by atoms with Crippen molar-refractivity contribution in [2.75, 3.05) is 0 Å². The highest BCUT2D eigenvalue weighted by molar-refractivity contribution is 4.91. The van der Waals surface area contributed by atoms with Crippen molar-refractivity contribution in [1.29, 1.82) is 0 Å². The standard InChI is InChI=1S/C57H114O3/c1-4-7-10-13-16-19-22-25-28-31-34-37-40-43-46-49-52-55(58)56(59)57(60,53-50-47-44-41-38-35-32-29-26-23-20-17-14-11-8-5-2)54-51-48-45-42-39-36-33-30-27-24-21-18-15-12-9-6-3/h26,29,55-56,58-60H,4-25,27-28,30-54H2,1-3H3/b29-26-. The zero-order chi connectivity index (χ0) is 43.7. The normalized spacial score (nSPS) is 14.0. The van der Waals surface area contributed by atoms with E-state index in [0.717, 1.165) is 38.5 Å². The average Bonchev–Trinajstić information content (AvgIpc) is 3.25. The third-order valence-corrected chi connectivity index (χ3v) is 13.9. The number of aliphatic hydroxyl groups excluding tert-OH is 2. The molecule has 0 fully saturated rings. The van der Waals surface area contributed by atoms with Gasteiger partial charge in [-0.15, -0.1) is 0 Å². The van der Waals surface area contributed by atoms with Crippen molar-refractivity contribution in [3.05, 3.63) is 12.2 Å². The van der Waals surface area contributed by atoms with Crippen molar-refractivity contribution < 1.29 is 15.3 Å². The Labute approximate surface area is 379 Å². The Balaban J connectivity index is 4.35. The van der Waals surface area contributed by atoms with Crippen LogP contribution in [0.4, 0.5) is 0 Å². The molecule has 3 N–H and O–H groups in total. The quantitative estimate of drug-likeness (QED) is 0.0422. The third-order valence-electron chi connectivity index (χ3n) is 13.9. The highest BCUT2D eigenvalue weighted by Gasteiger charge is 2.38. The minimum absolute atomic E-state index is 0.605. The molecule has 0 spiro atoms. The molecular formula is C57H114O3. The fourth-order valence-corrected chi connectivity index (χ4v) is 9.50. The number of rotatable bonds is 52. The summed E-state index contributed by atoms with van der Waals surface area (Å²) >= 11 is 0. The molecule has 0 aromatic heterocycles. The lowest BCUT2D eigenvalue weighted by Gasteiger charge is -2.36. The molecule has 60 heavy (non-hydrogen) atoms. The highest BCUT2D eigenvalue weighted by atomic mass is 16.4. The van der Waals surface area contributed by atoms with Crippen LogP contribution in [0.15, 0.2) is 12.2 Å². The van der Waals surface area contributed by atoms with Crippen molar-refractivity contribution in [2.24, 2.45) is 0 Å². The molecule has 360 valence electrons. The Hall–Kier alpha value is -0.380. The van der Waals surface area contributed by atoms with Gasteiger partial charge in [0.1, 0.15) is 6.10 Å². The SMILES string of the molecule is CCCCCCCC/C=C\CCCCCCCCC(O)(CCCCCCCCCCCCCCCCCC)C(O)C(O)CCCCCCCCCCCCCCCCCC. The largest absolute Gasteiger partial charge is 0.390 e. The van der Waals surface area contributed by atoms with Gasteiger partial charge in [0.25, 0.3) is 0 Å². The van der Waals surface area contributed by atoms with Crippen LogP contribution in [0.5, 0.6) is 0 Å². The van der Waals surface area contributed by atoms with Crippen LogP contribution < -0.4 is 0 Å². The Morgan fingerprint density at radius 2 is 0.517 bits per heavy atom. The number of hydrogen-bond donors (Lipinski definition) is 3. The van der Waals surface area contributed by atoms with Crippen LogP contribution in [0.2, 0.25) is 0 Å². The molecule has 0 amide bonds. The van der Waals surface area contributed by atoms with Crippen molar-refractivity contribution in [1.82, 2.24) is 0 Å². The number of allylic oxidation sites excluding steroid dienone is 2. The lowest BCUT2D eigenvalue weighted by atomic mass is 9.81. The van der Waals surface area contributed by atoms with Gasteiger partial charge >= 0.3 is 0 Å². The molecule has 0 saturated carbocycles. The van der Waals surface area contributed by atoms with Gasteiger partial charge in [0, 0.05) is 0 Å². The van der Waals surface area contributed by atoms with E-state index < -0.39 is 17.8 Å². The monoisotopic (exact) mass is 847 g/mol. The second-order valence-corrected chi connectivity index (χ2v) is 19.9. The summed E-state index contributed by atoms with van der Waals surface area (Å²) in [6.07, 6.45) is 65.3. The molecule has 3 atom stereocenters. The van der Waals surface area contributed by atoms with E-state index in [1.165, 1.54) is 257 Å². The predicted octanol–water partition coefficient (Wildman–Crippen LogP) is 19.2. The average molecular weight is 848 g/mol. The van der Waals surface area contributed by atoms with E-state index in [9.17, 15) is 15.3 Å². The Kier molecular flexibility index (Phi) is 49.3. The van der Waals surface area contributed by atoms with Gasteiger partial charge in [-0.1, -0.05) is 303 Å². The fraction of sp³-hybridized carbons (Fsp3) is 0.965. The minimum Gasteiger partial charge on any atom is -0.390 e. The second kappa shape index (κ2) is 49.6. The summed E-state index contributed by atoms with van der Waals surface area (Å²) in [5, 5.41) is 34.4. The molecule has 3 unspecified atom stereocenters. The molecule has 0 bridgehead atoms. The van der Waals surface area contributed by atoms with Crippen molar-refractivity contribution in [2.45, 2.75) is 353 Å². The van der Waals surface area contributed by atoms with Crippen molar-refractivity contribution in [3.8, 4) is 0 Å². The summed E-state index contributed by atoms with van der Waals surface area (Å²) in [5.74, 6) is 0. The lowest BCUT2D eigenvalue weighted by molar-refractivity contribution is -0.136. The van der Waals surface area contributed by atoms with E-state index in [2.05, 4.69) is 32.9 Å². The van der Waals surface area contributed by atoms with Gasteiger partial charge < -0.3 is 15.3 Å². The molecule has 0 aromatic rings. The molecule has 0 saturated heterocycles. The number of aliphatic hydroxyl groups is 3. The third kappa shape index (κ3) is 42.9. The molecular weight excluding hydrogens is 733 g/mol. The summed E-state index contributed by atoms with van der Waals surface area (Å²) in [7, 11) is 0. The van der Waals surface area contributed by atoms with Crippen molar-refractivity contribution in [3.63, 3.8) is 0 Å². The maximum Gasteiger partial charge on any atom is 0.108 e. The minimum atomic E-state index is -1.16.